The molecule has 1 aromatic carbocycles. The normalized spacial score (nSPS) is 12.1. The fourth-order valence-electron chi connectivity index (χ4n) is 2.47. The van der Waals surface area contributed by atoms with Crippen LogP contribution in [-0.2, 0) is 9.53 Å². The van der Waals surface area contributed by atoms with Crippen molar-refractivity contribution in [2.24, 2.45) is 0 Å². The third kappa shape index (κ3) is 4.58. The van der Waals surface area contributed by atoms with Crippen LogP contribution in [0.1, 0.15) is 39.0 Å². The summed E-state index contributed by atoms with van der Waals surface area (Å²) in [6.07, 6.45) is 5.99. The standard InChI is InChI=1S/C18H22ClNO3/c1-3-4-5-6-9-16(18(21)22-2)23-15-11-10-14(19)13-8-7-12-20-17(13)15/h7-8,10-12,16H,3-6,9H2,1-2H3/t16-/m0/s1. The van der Waals surface area contributed by atoms with Gasteiger partial charge in [-0.15, -0.1) is 0 Å². The first-order valence-corrected chi connectivity index (χ1v) is 8.33. The molecule has 0 saturated heterocycles. The van der Waals surface area contributed by atoms with Gasteiger partial charge in [0.15, 0.2) is 6.10 Å². The number of hydrogen-bond donors (Lipinski definition) is 0. The summed E-state index contributed by atoms with van der Waals surface area (Å²) in [6, 6.07) is 7.21. The second kappa shape index (κ2) is 8.73. The molecule has 0 N–H and O–H groups in total. The number of fused-ring (bicyclic) bond motifs is 1. The molecular weight excluding hydrogens is 314 g/mol. The van der Waals surface area contributed by atoms with E-state index in [9.17, 15) is 4.79 Å². The Morgan fingerprint density at radius 3 is 2.83 bits per heavy atom. The van der Waals surface area contributed by atoms with Crippen molar-refractivity contribution >= 4 is 28.5 Å². The predicted octanol–water partition coefficient (Wildman–Crippen LogP) is 4.78. The number of methoxy groups -OCH3 is 1. The summed E-state index contributed by atoms with van der Waals surface area (Å²) >= 11 is 6.19. The fraction of sp³-hybridized carbons (Fsp3) is 0.444. The lowest BCUT2D eigenvalue weighted by Gasteiger charge is -2.18. The molecule has 0 aliphatic carbocycles. The topological polar surface area (TPSA) is 48.4 Å². The number of carbonyl (C=O) groups is 1. The van der Waals surface area contributed by atoms with E-state index in [1.807, 2.05) is 12.1 Å². The Morgan fingerprint density at radius 2 is 2.09 bits per heavy atom. The van der Waals surface area contributed by atoms with Gasteiger partial charge in [0, 0.05) is 11.6 Å². The van der Waals surface area contributed by atoms with Crippen molar-refractivity contribution in [2.45, 2.75) is 45.1 Å². The quantitative estimate of drug-likeness (QED) is 0.514. The van der Waals surface area contributed by atoms with Gasteiger partial charge in [-0.1, -0.05) is 37.8 Å². The van der Waals surface area contributed by atoms with Crippen LogP contribution in [-0.4, -0.2) is 24.2 Å². The largest absolute Gasteiger partial charge is 0.476 e. The van der Waals surface area contributed by atoms with Crippen molar-refractivity contribution in [2.75, 3.05) is 7.11 Å². The van der Waals surface area contributed by atoms with Gasteiger partial charge >= 0.3 is 5.97 Å². The third-order valence-corrected chi connectivity index (χ3v) is 4.06. The summed E-state index contributed by atoms with van der Waals surface area (Å²) in [4.78, 5) is 16.3. The minimum atomic E-state index is -0.622. The number of esters is 1. The molecule has 1 atom stereocenters. The molecular formula is C18H22ClNO3. The monoisotopic (exact) mass is 335 g/mol. The molecule has 0 aliphatic heterocycles. The van der Waals surface area contributed by atoms with Gasteiger partial charge in [-0.2, -0.15) is 0 Å². The van der Waals surface area contributed by atoms with Gasteiger partial charge in [0.2, 0.25) is 0 Å². The second-order valence-electron chi connectivity index (χ2n) is 5.42. The summed E-state index contributed by atoms with van der Waals surface area (Å²) in [7, 11) is 1.38. The van der Waals surface area contributed by atoms with E-state index >= 15 is 0 Å². The maximum atomic E-state index is 12.0. The molecule has 0 saturated carbocycles. The molecule has 1 aromatic heterocycles. The average Bonchev–Trinajstić information content (AvgIpc) is 2.59. The highest BCUT2D eigenvalue weighted by molar-refractivity contribution is 6.35. The van der Waals surface area contributed by atoms with Gasteiger partial charge in [-0.25, -0.2) is 4.79 Å². The molecule has 0 aliphatic rings. The molecule has 0 unspecified atom stereocenters. The van der Waals surface area contributed by atoms with Crippen LogP contribution in [0.25, 0.3) is 10.9 Å². The van der Waals surface area contributed by atoms with E-state index in [1.165, 1.54) is 7.11 Å². The Labute approximate surface area is 141 Å². The lowest BCUT2D eigenvalue weighted by atomic mass is 10.1. The number of rotatable bonds is 8. The first-order valence-electron chi connectivity index (χ1n) is 7.95. The molecule has 0 bridgehead atoms. The Hall–Kier alpha value is -1.81. The predicted molar refractivity (Wildman–Crippen MR) is 91.9 cm³/mol. The zero-order chi connectivity index (χ0) is 16.7. The summed E-state index contributed by atoms with van der Waals surface area (Å²) in [5, 5.41) is 1.42. The summed E-state index contributed by atoms with van der Waals surface area (Å²) in [5.74, 6) is 0.191. The Balaban J connectivity index is 2.19. The number of unbranched alkanes of at least 4 members (excludes halogenated alkanes) is 3. The van der Waals surface area contributed by atoms with Crippen molar-refractivity contribution in [1.82, 2.24) is 4.98 Å². The Bertz CT molecular complexity index is 660. The molecule has 23 heavy (non-hydrogen) atoms. The maximum Gasteiger partial charge on any atom is 0.347 e. The van der Waals surface area contributed by atoms with E-state index in [-0.39, 0.29) is 5.97 Å². The second-order valence-corrected chi connectivity index (χ2v) is 5.83. The molecule has 0 spiro atoms. The van der Waals surface area contributed by atoms with Crippen LogP contribution in [0.4, 0.5) is 0 Å². The highest BCUT2D eigenvalue weighted by Gasteiger charge is 2.22. The van der Waals surface area contributed by atoms with Gasteiger partial charge in [-0.05, 0) is 37.1 Å². The number of halogens is 1. The van der Waals surface area contributed by atoms with E-state index in [0.717, 1.165) is 31.1 Å². The Morgan fingerprint density at radius 1 is 1.26 bits per heavy atom. The molecule has 0 amide bonds. The van der Waals surface area contributed by atoms with Crippen molar-refractivity contribution in [3.63, 3.8) is 0 Å². The van der Waals surface area contributed by atoms with Crippen LogP contribution < -0.4 is 4.74 Å². The molecule has 124 valence electrons. The van der Waals surface area contributed by atoms with Crippen LogP contribution in [0.2, 0.25) is 5.02 Å². The SMILES string of the molecule is CCCCCC[C@H](Oc1ccc(Cl)c2cccnc12)C(=O)OC. The number of carbonyl (C=O) groups excluding carboxylic acids is 1. The van der Waals surface area contributed by atoms with E-state index in [4.69, 9.17) is 21.1 Å². The maximum absolute atomic E-state index is 12.0. The third-order valence-electron chi connectivity index (χ3n) is 3.73. The first-order chi connectivity index (χ1) is 11.2. The molecule has 0 fully saturated rings. The lowest BCUT2D eigenvalue weighted by Crippen LogP contribution is -2.28. The molecule has 5 heteroatoms. The van der Waals surface area contributed by atoms with E-state index in [0.29, 0.717) is 22.7 Å². The smallest absolute Gasteiger partial charge is 0.347 e. The van der Waals surface area contributed by atoms with E-state index < -0.39 is 6.10 Å². The summed E-state index contributed by atoms with van der Waals surface area (Å²) < 4.78 is 10.8. The summed E-state index contributed by atoms with van der Waals surface area (Å²) in [6.45, 7) is 2.15. The van der Waals surface area contributed by atoms with Crippen LogP contribution in [0, 0.1) is 0 Å². The summed E-state index contributed by atoms with van der Waals surface area (Å²) in [5.41, 5.74) is 0.655. The van der Waals surface area contributed by atoms with Gasteiger partial charge in [0.1, 0.15) is 11.3 Å². The van der Waals surface area contributed by atoms with Crippen molar-refractivity contribution in [1.29, 1.82) is 0 Å². The zero-order valence-corrected chi connectivity index (χ0v) is 14.3. The van der Waals surface area contributed by atoms with Crippen LogP contribution in [0.3, 0.4) is 0 Å². The molecule has 0 radical (unpaired) electrons. The van der Waals surface area contributed by atoms with Crippen LogP contribution in [0.15, 0.2) is 30.5 Å². The van der Waals surface area contributed by atoms with Gasteiger partial charge < -0.3 is 9.47 Å². The highest BCUT2D eigenvalue weighted by atomic mass is 35.5. The number of ether oxygens (including phenoxy) is 2. The van der Waals surface area contributed by atoms with Crippen LogP contribution in [0.5, 0.6) is 5.75 Å². The van der Waals surface area contributed by atoms with E-state index in [2.05, 4.69) is 11.9 Å². The number of nitrogens with zero attached hydrogens (tertiary/aromatic N) is 1. The van der Waals surface area contributed by atoms with Crippen molar-refractivity contribution < 1.29 is 14.3 Å². The number of aromatic nitrogens is 1. The van der Waals surface area contributed by atoms with Crippen molar-refractivity contribution in [3.8, 4) is 5.75 Å². The molecule has 2 rings (SSSR count). The number of benzene rings is 1. The van der Waals surface area contributed by atoms with Gasteiger partial charge in [0.25, 0.3) is 0 Å². The van der Waals surface area contributed by atoms with Crippen LogP contribution >= 0.6 is 11.6 Å². The van der Waals surface area contributed by atoms with Crippen molar-refractivity contribution in [3.05, 3.63) is 35.5 Å². The molecule has 4 nitrogen and oxygen atoms in total. The fourth-order valence-corrected chi connectivity index (χ4v) is 2.69. The highest BCUT2D eigenvalue weighted by Crippen LogP contribution is 2.30. The minimum Gasteiger partial charge on any atom is -0.476 e. The number of hydrogen-bond acceptors (Lipinski definition) is 4. The minimum absolute atomic E-state index is 0.361. The zero-order valence-electron chi connectivity index (χ0n) is 13.5. The molecule has 1 heterocycles. The van der Waals surface area contributed by atoms with Gasteiger partial charge in [0.05, 0.1) is 12.1 Å². The molecule has 2 aromatic rings. The number of pyridine rings is 1. The average molecular weight is 336 g/mol. The van der Waals surface area contributed by atoms with Gasteiger partial charge in [-0.3, -0.25) is 4.98 Å². The van der Waals surface area contributed by atoms with E-state index in [1.54, 1.807) is 18.3 Å². The Kier molecular flexibility index (Phi) is 6.66. The first kappa shape index (κ1) is 17.5. The lowest BCUT2D eigenvalue weighted by molar-refractivity contribution is -0.149.